The molecule has 4 nitrogen and oxygen atoms in total. The fraction of sp³-hybridized carbons (Fsp3) is 0.227. The summed E-state index contributed by atoms with van der Waals surface area (Å²) >= 11 is 0.579. The summed E-state index contributed by atoms with van der Waals surface area (Å²) < 4.78 is 40.1. The number of halogens is 3. The van der Waals surface area contributed by atoms with Crippen LogP contribution >= 0.6 is 11.3 Å². The number of allylic oxidation sites excluding steroid dienone is 4. The lowest BCUT2D eigenvalue weighted by molar-refractivity contribution is -0.141. The van der Waals surface area contributed by atoms with E-state index in [1.54, 1.807) is 36.4 Å². The van der Waals surface area contributed by atoms with Crippen molar-refractivity contribution in [2.45, 2.75) is 33.0 Å². The number of ketones is 1. The van der Waals surface area contributed by atoms with Gasteiger partial charge in [0.15, 0.2) is 16.5 Å². The minimum Gasteiger partial charge on any atom is -0.347 e. The molecule has 1 amide bonds. The Balaban J connectivity index is 2.29. The number of carbonyl (C=O) groups excluding carboxylic acids is 2. The van der Waals surface area contributed by atoms with Gasteiger partial charge in [-0.2, -0.15) is 13.2 Å². The molecule has 0 aliphatic carbocycles. The largest absolute Gasteiger partial charge is 0.435 e. The summed E-state index contributed by atoms with van der Waals surface area (Å²) in [6.45, 7) is 3.34. The SMILES string of the molecule is CCC=C(C#Cc1nc(C(F)(F)F)c(C(=O)NCc2ccccc2)s1)/C=C\C(C)=O. The van der Waals surface area contributed by atoms with Crippen molar-refractivity contribution in [1.82, 2.24) is 10.3 Å². The Labute approximate surface area is 176 Å². The third-order valence-electron chi connectivity index (χ3n) is 3.63. The zero-order valence-electron chi connectivity index (χ0n) is 16.3. The van der Waals surface area contributed by atoms with Gasteiger partial charge >= 0.3 is 6.18 Å². The van der Waals surface area contributed by atoms with Crippen molar-refractivity contribution in [1.29, 1.82) is 0 Å². The highest BCUT2D eigenvalue weighted by Gasteiger charge is 2.39. The fourth-order valence-corrected chi connectivity index (χ4v) is 3.15. The van der Waals surface area contributed by atoms with Gasteiger partial charge in [0.1, 0.15) is 4.88 Å². The van der Waals surface area contributed by atoms with E-state index in [-0.39, 0.29) is 17.3 Å². The molecule has 2 aromatic rings. The minimum atomic E-state index is -4.79. The Morgan fingerprint density at radius 2 is 1.90 bits per heavy atom. The van der Waals surface area contributed by atoms with Crippen LogP contribution < -0.4 is 5.32 Å². The summed E-state index contributed by atoms with van der Waals surface area (Å²) in [6.07, 6.45) is 0.391. The summed E-state index contributed by atoms with van der Waals surface area (Å²) in [5, 5.41) is 2.35. The summed E-state index contributed by atoms with van der Waals surface area (Å²) in [5.74, 6) is 4.22. The summed E-state index contributed by atoms with van der Waals surface area (Å²) in [4.78, 5) is 26.4. The molecule has 8 heteroatoms. The molecule has 1 aromatic carbocycles. The lowest BCUT2D eigenvalue weighted by Crippen LogP contribution is -2.24. The topological polar surface area (TPSA) is 59.1 Å². The molecule has 0 unspecified atom stereocenters. The molecule has 1 aromatic heterocycles. The van der Waals surface area contributed by atoms with Gasteiger partial charge in [-0.05, 0) is 37.0 Å². The van der Waals surface area contributed by atoms with Gasteiger partial charge in [-0.25, -0.2) is 4.98 Å². The van der Waals surface area contributed by atoms with Gasteiger partial charge in [0.25, 0.3) is 5.91 Å². The van der Waals surface area contributed by atoms with E-state index in [0.717, 1.165) is 5.56 Å². The molecule has 0 spiro atoms. The van der Waals surface area contributed by atoms with Crippen LogP contribution in [0.4, 0.5) is 13.2 Å². The highest BCUT2D eigenvalue weighted by molar-refractivity contribution is 7.14. The van der Waals surface area contributed by atoms with Crippen LogP contribution in [0.1, 0.15) is 46.2 Å². The third-order valence-corrected chi connectivity index (χ3v) is 4.60. The maximum Gasteiger partial charge on any atom is 0.435 e. The van der Waals surface area contributed by atoms with Crippen molar-refractivity contribution in [3.8, 4) is 11.8 Å². The molecular weight excluding hydrogens is 413 g/mol. The van der Waals surface area contributed by atoms with Gasteiger partial charge in [0.05, 0.1) is 0 Å². The number of nitrogens with zero attached hydrogens (tertiary/aromatic N) is 1. The first-order valence-corrected chi connectivity index (χ1v) is 9.83. The molecule has 0 aliphatic rings. The van der Waals surface area contributed by atoms with Gasteiger partial charge < -0.3 is 5.32 Å². The van der Waals surface area contributed by atoms with Crippen molar-refractivity contribution in [2.75, 3.05) is 0 Å². The summed E-state index contributed by atoms with van der Waals surface area (Å²) in [5.41, 5.74) is -0.0234. The van der Waals surface area contributed by atoms with Gasteiger partial charge in [0.2, 0.25) is 0 Å². The number of aromatic nitrogens is 1. The van der Waals surface area contributed by atoms with Crippen LogP contribution in [0.5, 0.6) is 0 Å². The molecule has 0 fully saturated rings. The van der Waals surface area contributed by atoms with Crippen LogP contribution in [-0.2, 0) is 17.5 Å². The first kappa shape index (κ1) is 23.1. The average molecular weight is 432 g/mol. The normalized spacial score (nSPS) is 11.8. The van der Waals surface area contributed by atoms with E-state index in [4.69, 9.17) is 0 Å². The number of rotatable bonds is 6. The van der Waals surface area contributed by atoms with E-state index in [1.807, 2.05) is 6.92 Å². The molecule has 0 atom stereocenters. The van der Waals surface area contributed by atoms with Crippen LogP contribution in [0.25, 0.3) is 0 Å². The number of benzene rings is 1. The maximum atomic E-state index is 13.4. The van der Waals surface area contributed by atoms with E-state index in [0.29, 0.717) is 23.3 Å². The number of thiazole rings is 1. The Morgan fingerprint density at radius 3 is 2.50 bits per heavy atom. The van der Waals surface area contributed by atoms with Crippen molar-refractivity contribution >= 4 is 23.0 Å². The number of hydrogen-bond donors (Lipinski definition) is 1. The molecule has 0 saturated heterocycles. The molecule has 0 saturated carbocycles. The molecule has 0 aliphatic heterocycles. The van der Waals surface area contributed by atoms with Gasteiger partial charge in [-0.15, -0.1) is 0 Å². The molecular formula is C22H19F3N2O2S. The number of carbonyl (C=O) groups is 2. The average Bonchev–Trinajstić information content (AvgIpc) is 3.14. The molecule has 30 heavy (non-hydrogen) atoms. The first-order chi connectivity index (χ1) is 14.2. The Morgan fingerprint density at radius 1 is 1.20 bits per heavy atom. The monoisotopic (exact) mass is 432 g/mol. The second-order valence-corrected chi connectivity index (χ2v) is 7.12. The summed E-state index contributed by atoms with van der Waals surface area (Å²) in [7, 11) is 0. The van der Waals surface area contributed by atoms with E-state index in [1.165, 1.54) is 19.1 Å². The standard InChI is InChI=1S/C22H19F3N2O2S/c1-3-7-16(11-10-15(2)28)12-13-18-27-20(22(23,24)25)19(30-18)21(29)26-14-17-8-5-4-6-9-17/h4-11H,3,14H2,1-2H3,(H,26,29)/b11-10-,16-7?. The molecule has 1 N–H and O–H groups in total. The lowest BCUT2D eigenvalue weighted by atomic mass is 10.2. The second kappa shape index (κ2) is 10.6. The van der Waals surface area contributed by atoms with Crippen molar-refractivity contribution in [3.05, 3.63) is 75.3 Å². The van der Waals surface area contributed by atoms with Crippen molar-refractivity contribution < 1.29 is 22.8 Å². The quantitative estimate of drug-likeness (QED) is 0.400. The fourth-order valence-electron chi connectivity index (χ4n) is 2.29. The van der Waals surface area contributed by atoms with Gasteiger partial charge in [-0.3, -0.25) is 9.59 Å². The predicted molar refractivity (Wildman–Crippen MR) is 110 cm³/mol. The number of hydrogen-bond acceptors (Lipinski definition) is 4. The van der Waals surface area contributed by atoms with Crippen LogP contribution in [0.15, 0.2) is 54.1 Å². The van der Waals surface area contributed by atoms with Crippen LogP contribution in [-0.4, -0.2) is 16.7 Å². The zero-order chi connectivity index (χ0) is 22.1. The number of amides is 1. The Hall–Kier alpha value is -3.18. The highest BCUT2D eigenvalue weighted by Crippen LogP contribution is 2.34. The second-order valence-electron chi connectivity index (χ2n) is 6.12. The zero-order valence-corrected chi connectivity index (χ0v) is 17.2. The predicted octanol–water partition coefficient (Wildman–Crippen LogP) is 4.93. The lowest BCUT2D eigenvalue weighted by Gasteiger charge is -2.07. The molecule has 0 bridgehead atoms. The van der Waals surface area contributed by atoms with Gasteiger partial charge in [-0.1, -0.05) is 60.6 Å². The van der Waals surface area contributed by atoms with Crippen LogP contribution in [0, 0.1) is 11.8 Å². The molecule has 0 radical (unpaired) electrons. The molecule has 1 heterocycles. The maximum absolute atomic E-state index is 13.4. The first-order valence-electron chi connectivity index (χ1n) is 9.01. The van der Waals surface area contributed by atoms with E-state index in [2.05, 4.69) is 22.1 Å². The minimum absolute atomic E-state index is 0.0924. The highest BCUT2D eigenvalue weighted by atomic mass is 32.1. The van der Waals surface area contributed by atoms with Crippen LogP contribution in [0.2, 0.25) is 0 Å². The Kier molecular flexibility index (Phi) is 8.13. The number of nitrogens with one attached hydrogen (secondary N) is 1. The number of alkyl halides is 3. The molecule has 2 rings (SSSR count). The third kappa shape index (κ3) is 7.01. The van der Waals surface area contributed by atoms with Crippen LogP contribution in [0.3, 0.4) is 0 Å². The Bertz CT molecular complexity index is 1030. The van der Waals surface area contributed by atoms with Gasteiger partial charge in [0, 0.05) is 12.1 Å². The van der Waals surface area contributed by atoms with Crippen molar-refractivity contribution in [2.24, 2.45) is 0 Å². The smallest absolute Gasteiger partial charge is 0.347 e. The van der Waals surface area contributed by atoms with E-state index in [9.17, 15) is 22.8 Å². The summed E-state index contributed by atoms with van der Waals surface area (Å²) in [6, 6.07) is 8.85. The van der Waals surface area contributed by atoms with E-state index < -0.39 is 22.7 Å². The molecule has 156 valence electrons. The van der Waals surface area contributed by atoms with Crippen molar-refractivity contribution in [3.63, 3.8) is 0 Å². The van der Waals surface area contributed by atoms with E-state index >= 15 is 0 Å².